The molecule has 0 amide bonds. The van der Waals surface area contributed by atoms with Crippen molar-refractivity contribution in [2.45, 2.75) is 104 Å². The molecule has 0 N–H and O–H groups in total. The van der Waals surface area contributed by atoms with Gasteiger partial charge in [-0.15, -0.1) is 0 Å². The average Bonchev–Trinajstić information content (AvgIpc) is 0.762. The van der Waals surface area contributed by atoms with E-state index in [1.165, 1.54) is 0 Å². The quantitative estimate of drug-likeness (QED) is 0.0592. The second-order valence-electron chi connectivity index (χ2n) is 24.8. The number of rotatable bonds is 24. The summed E-state index contributed by atoms with van der Waals surface area (Å²) < 4.78 is 57.4. The van der Waals surface area contributed by atoms with Gasteiger partial charge in [0.15, 0.2) is 0 Å². The van der Waals surface area contributed by atoms with Gasteiger partial charge in [-0.05, 0) is 68.8 Å². The summed E-state index contributed by atoms with van der Waals surface area (Å²) in [6.07, 6.45) is 0. The van der Waals surface area contributed by atoms with Crippen LogP contribution in [-0.2, 0) is 52.9 Å². The molecule has 13 rings (SSSR count). The molecular formula is C88H80O8. The van der Waals surface area contributed by atoms with Crippen LogP contribution in [0.15, 0.2) is 291 Å². The monoisotopic (exact) mass is 1260 g/mol. The van der Waals surface area contributed by atoms with Gasteiger partial charge in [0.2, 0.25) is 0 Å². The average molecular weight is 1270 g/mol. The summed E-state index contributed by atoms with van der Waals surface area (Å²) in [6.45, 7) is 11.6. The SMILES string of the molecule is CC1c2cc(c(OCc3ccccc3)cc2OCc2ccccc2)C(C)c2cc(c(OCc3ccccc3)cc2OCc2ccccc2)C(C)c2cc(c(OCc3ccccc3)cc2OCc2ccccc2)C(C)c2cc1c(OCc1ccccc1)cc2OCc1ccccc1. The van der Waals surface area contributed by atoms with Gasteiger partial charge in [-0.3, -0.25) is 0 Å². The number of benzene rings is 12. The summed E-state index contributed by atoms with van der Waals surface area (Å²) >= 11 is 0. The van der Waals surface area contributed by atoms with Crippen molar-refractivity contribution in [1.82, 2.24) is 0 Å². The maximum absolute atomic E-state index is 7.18. The van der Waals surface area contributed by atoms with Gasteiger partial charge in [0, 0.05) is 92.4 Å². The van der Waals surface area contributed by atoms with Crippen molar-refractivity contribution in [2.24, 2.45) is 0 Å². The maximum atomic E-state index is 7.18. The molecule has 0 aliphatic heterocycles. The maximum Gasteiger partial charge on any atom is 0.127 e. The van der Waals surface area contributed by atoms with E-state index in [-0.39, 0.29) is 23.7 Å². The van der Waals surface area contributed by atoms with E-state index in [9.17, 15) is 0 Å². The second-order valence-corrected chi connectivity index (χ2v) is 24.8. The van der Waals surface area contributed by atoms with E-state index >= 15 is 0 Å². The Labute approximate surface area is 565 Å². The van der Waals surface area contributed by atoms with Gasteiger partial charge in [-0.2, -0.15) is 0 Å². The summed E-state index contributed by atoms with van der Waals surface area (Å²) in [6, 6.07) is 100. The van der Waals surface area contributed by atoms with E-state index < -0.39 is 0 Å². The van der Waals surface area contributed by atoms with Crippen LogP contribution in [0.3, 0.4) is 0 Å². The predicted molar refractivity (Wildman–Crippen MR) is 382 cm³/mol. The lowest BCUT2D eigenvalue weighted by atomic mass is 9.80. The van der Waals surface area contributed by atoms with Crippen molar-refractivity contribution >= 4 is 0 Å². The lowest BCUT2D eigenvalue weighted by molar-refractivity contribution is 0.279. The lowest BCUT2D eigenvalue weighted by Gasteiger charge is -2.30. The third-order valence-corrected chi connectivity index (χ3v) is 18.2. The fourth-order valence-corrected chi connectivity index (χ4v) is 12.6. The number of ether oxygens (including phenoxy) is 8. The van der Waals surface area contributed by atoms with Crippen molar-refractivity contribution in [3.8, 4) is 46.0 Å². The molecule has 12 aromatic carbocycles. The minimum Gasteiger partial charge on any atom is -0.488 e. The standard InChI is InChI=1S/C88H80O8/c1-61-73-45-75(83(91-55-67-33-17-7-18-34-67)49-81(73)89-53-65-29-13-5-14-30-65)62(2)77-47-79(87(95-59-71-41-25-11-26-42-71)51-85(77)93-57-69-37-21-9-22-38-69)64(4)80-48-78(86(94-58-70-39-23-10-24-40-70)52-88(80)96-60-72-43-27-12-28-44-72)63(3)76-46-74(61)82(90-54-66-31-15-6-16-32-66)50-84(76)92-56-68-35-19-8-20-36-68/h5-52,61-64H,53-60H2,1-4H3. The first-order chi connectivity index (χ1) is 47.2. The minimum atomic E-state index is -0.353. The van der Waals surface area contributed by atoms with Crippen LogP contribution in [0.5, 0.6) is 46.0 Å². The van der Waals surface area contributed by atoms with E-state index in [0.29, 0.717) is 98.9 Å². The summed E-state index contributed by atoms with van der Waals surface area (Å²) in [5.74, 6) is 4.08. The molecule has 1 aliphatic rings. The van der Waals surface area contributed by atoms with E-state index in [2.05, 4.69) is 173 Å². The van der Waals surface area contributed by atoms with Crippen LogP contribution in [0, 0.1) is 0 Å². The third-order valence-electron chi connectivity index (χ3n) is 18.2. The fourth-order valence-electron chi connectivity index (χ4n) is 12.6. The van der Waals surface area contributed by atoms with Gasteiger partial charge in [-0.25, -0.2) is 0 Å². The van der Waals surface area contributed by atoms with Crippen LogP contribution in [0.4, 0.5) is 0 Å². The first kappa shape index (κ1) is 63.8. The van der Waals surface area contributed by atoms with Gasteiger partial charge in [0.1, 0.15) is 98.9 Å². The van der Waals surface area contributed by atoms with Crippen LogP contribution >= 0.6 is 0 Å². The summed E-state index contributed by atoms with van der Waals surface area (Å²) in [7, 11) is 0. The van der Waals surface area contributed by atoms with Gasteiger partial charge in [-0.1, -0.05) is 270 Å². The summed E-state index contributed by atoms with van der Waals surface area (Å²) in [5.41, 5.74) is 15.9. The zero-order chi connectivity index (χ0) is 65.4. The highest BCUT2D eigenvalue weighted by Crippen LogP contribution is 2.52. The molecule has 8 bridgehead atoms. The molecule has 12 aromatic rings. The first-order valence-corrected chi connectivity index (χ1v) is 33.3. The van der Waals surface area contributed by atoms with Crippen LogP contribution in [0.1, 0.15) is 140 Å². The molecule has 0 aromatic heterocycles. The zero-order valence-electron chi connectivity index (χ0n) is 54.9. The van der Waals surface area contributed by atoms with E-state index in [1.54, 1.807) is 0 Å². The van der Waals surface area contributed by atoms with Gasteiger partial charge in [0.25, 0.3) is 0 Å². The molecule has 0 saturated heterocycles. The Morgan fingerprint density at radius 2 is 0.281 bits per heavy atom. The molecular weight excluding hydrogens is 1180 g/mol. The van der Waals surface area contributed by atoms with Crippen molar-refractivity contribution in [3.63, 3.8) is 0 Å². The van der Waals surface area contributed by atoms with Crippen LogP contribution < -0.4 is 37.9 Å². The molecule has 0 fully saturated rings. The third kappa shape index (κ3) is 15.6. The Kier molecular flexibility index (Phi) is 20.5. The highest BCUT2D eigenvalue weighted by atomic mass is 16.5. The number of hydrogen-bond donors (Lipinski definition) is 0. The van der Waals surface area contributed by atoms with Crippen LogP contribution in [0.2, 0.25) is 0 Å². The Morgan fingerprint density at radius 3 is 0.396 bits per heavy atom. The largest absolute Gasteiger partial charge is 0.488 e. The highest BCUT2D eigenvalue weighted by Gasteiger charge is 2.33. The van der Waals surface area contributed by atoms with Crippen molar-refractivity contribution < 1.29 is 37.9 Å². The molecule has 480 valence electrons. The smallest absolute Gasteiger partial charge is 0.127 e. The normalized spacial score (nSPS) is 14.8. The summed E-state index contributed by atoms with van der Waals surface area (Å²) in [4.78, 5) is 0. The highest BCUT2D eigenvalue weighted by molar-refractivity contribution is 5.63. The van der Waals surface area contributed by atoms with Crippen molar-refractivity contribution in [1.29, 1.82) is 0 Å². The molecule has 1 aliphatic carbocycles. The molecule has 96 heavy (non-hydrogen) atoms. The zero-order valence-corrected chi connectivity index (χ0v) is 54.9. The predicted octanol–water partition coefficient (Wildman–Crippen LogP) is 21.2. The lowest BCUT2D eigenvalue weighted by Crippen LogP contribution is -2.14. The van der Waals surface area contributed by atoms with Crippen LogP contribution in [-0.4, -0.2) is 0 Å². The molecule has 0 saturated carbocycles. The second kappa shape index (κ2) is 30.9. The Hall–Kier alpha value is -11.0. The number of hydrogen-bond acceptors (Lipinski definition) is 8. The van der Waals surface area contributed by atoms with Crippen molar-refractivity contribution in [3.05, 3.63) is 380 Å². The molecule has 0 radical (unpaired) electrons. The fraction of sp³-hybridized carbons (Fsp3) is 0.182. The first-order valence-electron chi connectivity index (χ1n) is 33.3. The number of fused-ring (bicyclic) bond motifs is 8. The molecule has 0 spiro atoms. The van der Waals surface area contributed by atoms with E-state index in [4.69, 9.17) is 37.9 Å². The van der Waals surface area contributed by atoms with Gasteiger partial charge in [0.05, 0.1) is 0 Å². The van der Waals surface area contributed by atoms with Gasteiger partial charge < -0.3 is 37.9 Å². The van der Waals surface area contributed by atoms with Crippen molar-refractivity contribution in [2.75, 3.05) is 0 Å². The summed E-state index contributed by atoms with van der Waals surface area (Å²) in [5, 5.41) is 0. The topological polar surface area (TPSA) is 73.8 Å². The molecule has 0 unspecified atom stereocenters. The Morgan fingerprint density at radius 1 is 0.167 bits per heavy atom. The Bertz CT molecular complexity index is 3610. The van der Waals surface area contributed by atoms with E-state index in [0.717, 1.165) is 89.0 Å². The Balaban J connectivity index is 1.09. The molecule has 8 nitrogen and oxygen atoms in total. The molecule has 0 heterocycles. The molecule has 0 atom stereocenters. The van der Waals surface area contributed by atoms with Crippen LogP contribution in [0.25, 0.3) is 0 Å². The minimum absolute atomic E-state index is 0.321. The molecule has 8 heteroatoms. The van der Waals surface area contributed by atoms with Gasteiger partial charge >= 0.3 is 0 Å². The van der Waals surface area contributed by atoms with E-state index in [1.807, 2.05) is 146 Å².